The maximum atomic E-state index is 10.5. The summed E-state index contributed by atoms with van der Waals surface area (Å²) in [6.07, 6.45) is -0.698. The zero-order valence-corrected chi connectivity index (χ0v) is 10.9. The summed E-state index contributed by atoms with van der Waals surface area (Å²) in [5.41, 5.74) is 2.21. The van der Waals surface area contributed by atoms with Crippen molar-refractivity contribution in [1.82, 2.24) is 0 Å². The molecule has 0 bridgehead atoms. The molecule has 92 valence electrons. The molecule has 1 heterocycles. The molecule has 2 aromatic carbocycles. The van der Waals surface area contributed by atoms with Crippen LogP contribution in [0.5, 0.6) is 0 Å². The first-order valence-corrected chi connectivity index (χ1v) is 6.82. The fourth-order valence-corrected chi connectivity index (χ4v) is 3.13. The van der Waals surface area contributed by atoms with Crippen molar-refractivity contribution in [2.45, 2.75) is 6.10 Å². The molecule has 1 N–H and O–H groups in total. The zero-order chi connectivity index (χ0) is 13.2. The highest BCUT2D eigenvalue weighted by Crippen LogP contribution is 2.32. The van der Waals surface area contributed by atoms with Crippen LogP contribution in [0.1, 0.15) is 22.8 Å². The maximum absolute atomic E-state index is 10.5. The van der Waals surface area contributed by atoms with Crippen molar-refractivity contribution in [3.63, 3.8) is 0 Å². The van der Waals surface area contributed by atoms with Gasteiger partial charge in [0.05, 0.1) is 11.6 Å². The fourth-order valence-electron chi connectivity index (χ4n) is 2.19. The van der Waals surface area contributed by atoms with Crippen molar-refractivity contribution in [3.8, 4) is 6.07 Å². The first-order chi connectivity index (χ1) is 9.29. The van der Waals surface area contributed by atoms with Crippen molar-refractivity contribution < 1.29 is 5.11 Å². The number of thiophene rings is 1. The van der Waals surface area contributed by atoms with Crippen LogP contribution in [0.3, 0.4) is 0 Å². The molecule has 0 fully saturated rings. The number of aliphatic hydroxyl groups excluding tert-OH is 1. The fraction of sp³-hybridized carbons (Fsp3) is 0.0625. The lowest BCUT2D eigenvalue weighted by atomic mass is 9.99. The third-order valence-corrected chi connectivity index (χ3v) is 4.11. The quantitative estimate of drug-likeness (QED) is 0.764. The van der Waals surface area contributed by atoms with Crippen LogP contribution in [0.2, 0.25) is 0 Å². The van der Waals surface area contributed by atoms with E-state index in [1.807, 2.05) is 35.7 Å². The number of fused-ring (bicyclic) bond motifs is 1. The smallest absolute Gasteiger partial charge is 0.105 e. The van der Waals surface area contributed by atoms with Crippen molar-refractivity contribution in [3.05, 3.63) is 70.6 Å². The Morgan fingerprint density at radius 2 is 1.95 bits per heavy atom. The summed E-state index contributed by atoms with van der Waals surface area (Å²) < 4.78 is 1.09. The zero-order valence-electron chi connectivity index (χ0n) is 10.1. The molecule has 1 atom stereocenters. The molecule has 0 aliphatic rings. The van der Waals surface area contributed by atoms with Crippen LogP contribution >= 0.6 is 11.3 Å². The normalized spacial score (nSPS) is 12.2. The Bertz CT molecular complexity index is 770. The van der Waals surface area contributed by atoms with Gasteiger partial charge in [-0.2, -0.15) is 5.26 Å². The van der Waals surface area contributed by atoms with E-state index in [-0.39, 0.29) is 0 Å². The van der Waals surface area contributed by atoms with Gasteiger partial charge in [0, 0.05) is 10.3 Å². The van der Waals surface area contributed by atoms with E-state index in [4.69, 9.17) is 5.26 Å². The van der Waals surface area contributed by atoms with E-state index in [9.17, 15) is 5.11 Å². The van der Waals surface area contributed by atoms with Gasteiger partial charge in [-0.3, -0.25) is 0 Å². The summed E-state index contributed by atoms with van der Waals surface area (Å²) in [4.78, 5) is 0. The van der Waals surface area contributed by atoms with E-state index in [0.717, 1.165) is 21.2 Å². The Morgan fingerprint density at radius 3 is 2.79 bits per heavy atom. The number of hydrogen-bond acceptors (Lipinski definition) is 3. The molecule has 3 aromatic rings. The predicted octanol–water partition coefficient (Wildman–Crippen LogP) is 3.85. The molecular weight excluding hydrogens is 254 g/mol. The van der Waals surface area contributed by atoms with Gasteiger partial charge in [-0.25, -0.2) is 0 Å². The Morgan fingerprint density at radius 1 is 1.11 bits per heavy atom. The van der Waals surface area contributed by atoms with E-state index in [2.05, 4.69) is 6.07 Å². The predicted molar refractivity (Wildman–Crippen MR) is 77.0 cm³/mol. The monoisotopic (exact) mass is 265 g/mol. The first kappa shape index (κ1) is 11.9. The second kappa shape index (κ2) is 4.85. The summed E-state index contributed by atoms with van der Waals surface area (Å²) in [7, 11) is 0. The van der Waals surface area contributed by atoms with Crippen molar-refractivity contribution in [2.24, 2.45) is 0 Å². The third-order valence-electron chi connectivity index (χ3n) is 3.14. The minimum Gasteiger partial charge on any atom is -0.384 e. The van der Waals surface area contributed by atoms with Crippen molar-refractivity contribution >= 4 is 21.4 Å². The average molecular weight is 265 g/mol. The minimum absolute atomic E-state index is 0.565. The van der Waals surface area contributed by atoms with Crippen LogP contribution in [0.15, 0.2) is 53.9 Å². The lowest BCUT2D eigenvalue weighted by Gasteiger charge is -2.12. The highest BCUT2D eigenvalue weighted by Gasteiger charge is 2.14. The summed E-state index contributed by atoms with van der Waals surface area (Å²) >= 11 is 1.62. The molecule has 0 spiro atoms. The van der Waals surface area contributed by atoms with Gasteiger partial charge in [0.1, 0.15) is 6.10 Å². The Kier molecular flexibility index (Phi) is 3.04. The molecule has 0 saturated carbocycles. The van der Waals surface area contributed by atoms with E-state index in [1.165, 1.54) is 0 Å². The summed E-state index contributed by atoms with van der Waals surface area (Å²) in [6.45, 7) is 0. The molecule has 0 aliphatic heterocycles. The molecule has 19 heavy (non-hydrogen) atoms. The average Bonchev–Trinajstić information content (AvgIpc) is 2.95. The molecule has 0 saturated heterocycles. The highest BCUT2D eigenvalue weighted by molar-refractivity contribution is 7.17. The number of hydrogen-bond donors (Lipinski definition) is 1. The van der Waals surface area contributed by atoms with Crippen molar-refractivity contribution in [2.75, 3.05) is 0 Å². The number of nitrogens with zero attached hydrogens (tertiary/aromatic N) is 1. The summed E-state index contributed by atoms with van der Waals surface area (Å²) in [5, 5.41) is 22.6. The topological polar surface area (TPSA) is 44.0 Å². The minimum atomic E-state index is -0.698. The van der Waals surface area contributed by atoms with E-state index >= 15 is 0 Å². The first-order valence-electron chi connectivity index (χ1n) is 5.94. The van der Waals surface area contributed by atoms with Crippen molar-refractivity contribution in [1.29, 1.82) is 5.26 Å². The van der Waals surface area contributed by atoms with Gasteiger partial charge in [0.2, 0.25) is 0 Å². The molecule has 3 rings (SSSR count). The van der Waals surface area contributed by atoms with Crippen LogP contribution in [0.4, 0.5) is 0 Å². The summed E-state index contributed by atoms with van der Waals surface area (Å²) in [5.74, 6) is 0. The molecule has 1 aromatic heterocycles. The van der Waals surface area contributed by atoms with Crippen LogP contribution in [0, 0.1) is 11.3 Å². The van der Waals surface area contributed by atoms with E-state index in [0.29, 0.717) is 5.56 Å². The summed E-state index contributed by atoms with van der Waals surface area (Å²) in [6, 6.07) is 17.2. The largest absolute Gasteiger partial charge is 0.384 e. The second-order valence-corrected chi connectivity index (χ2v) is 5.24. The van der Waals surface area contributed by atoms with Crippen LogP contribution in [0.25, 0.3) is 10.1 Å². The molecule has 3 heteroatoms. The maximum Gasteiger partial charge on any atom is 0.105 e. The molecule has 0 aliphatic carbocycles. The highest BCUT2D eigenvalue weighted by atomic mass is 32.1. The lowest BCUT2D eigenvalue weighted by Crippen LogP contribution is -2.00. The Balaban J connectivity index is 2.10. The van der Waals surface area contributed by atoms with Gasteiger partial charge < -0.3 is 5.11 Å². The van der Waals surface area contributed by atoms with Gasteiger partial charge in [-0.1, -0.05) is 30.3 Å². The molecular formula is C16H11NOS. The molecule has 0 amide bonds. The Labute approximate surface area is 115 Å². The number of benzene rings is 2. The molecule has 2 nitrogen and oxygen atoms in total. The number of rotatable bonds is 2. The van der Waals surface area contributed by atoms with Gasteiger partial charge >= 0.3 is 0 Å². The van der Waals surface area contributed by atoms with Crippen LogP contribution < -0.4 is 0 Å². The van der Waals surface area contributed by atoms with Crippen LogP contribution in [-0.4, -0.2) is 5.11 Å². The second-order valence-electron chi connectivity index (χ2n) is 4.33. The third kappa shape index (κ3) is 2.12. The van der Waals surface area contributed by atoms with Crippen LogP contribution in [-0.2, 0) is 0 Å². The number of nitriles is 1. The SMILES string of the molecule is N#Cc1cccc(C(O)c2cccc3ccsc23)c1. The number of aliphatic hydroxyl groups is 1. The van der Waals surface area contributed by atoms with E-state index < -0.39 is 6.10 Å². The van der Waals surface area contributed by atoms with Gasteiger partial charge in [0.25, 0.3) is 0 Å². The lowest BCUT2D eigenvalue weighted by molar-refractivity contribution is 0.222. The van der Waals surface area contributed by atoms with Gasteiger partial charge in [-0.15, -0.1) is 11.3 Å². The van der Waals surface area contributed by atoms with E-state index in [1.54, 1.807) is 29.5 Å². The molecule has 1 unspecified atom stereocenters. The standard InChI is InChI=1S/C16H11NOS/c17-10-11-3-1-5-13(9-11)15(18)14-6-2-4-12-7-8-19-16(12)14/h1-9,15,18H. The van der Waals surface area contributed by atoms with Gasteiger partial charge in [-0.05, 0) is 34.5 Å². The van der Waals surface area contributed by atoms with Gasteiger partial charge in [0.15, 0.2) is 0 Å². The molecule has 0 radical (unpaired) electrons. The Hall–Kier alpha value is -2.15.